The highest BCUT2D eigenvalue weighted by Crippen LogP contribution is 2.32. The molecule has 1 unspecified atom stereocenters. The van der Waals surface area contributed by atoms with E-state index in [1.807, 2.05) is 0 Å². The number of benzene rings is 2. The van der Waals surface area contributed by atoms with Gasteiger partial charge in [0.15, 0.2) is 0 Å². The standard InChI is InChI=1S/C14H9BrF3NO2/c15-11(14-12(17)6-9(16)7-13(14)18)5-8-1-3-10(4-2-8)19(20)21/h1-4,6-7,11H,5H2. The zero-order chi connectivity index (χ0) is 15.6. The van der Waals surface area contributed by atoms with Crippen molar-refractivity contribution in [3.63, 3.8) is 0 Å². The summed E-state index contributed by atoms with van der Waals surface area (Å²) in [6.07, 6.45) is 0.206. The van der Waals surface area contributed by atoms with Crippen LogP contribution in [0, 0.1) is 27.6 Å². The van der Waals surface area contributed by atoms with Crippen LogP contribution < -0.4 is 0 Å². The van der Waals surface area contributed by atoms with Crippen molar-refractivity contribution in [3.05, 3.63) is 75.1 Å². The van der Waals surface area contributed by atoms with Crippen LogP contribution in [0.4, 0.5) is 18.9 Å². The van der Waals surface area contributed by atoms with Gasteiger partial charge in [0.1, 0.15) is 17.5 Å². The smallest absolute Gasteiger partial charge is 0.258 e. The molecule has 2 rings (SSSR count). The summed E-state index contributed by atoms with van der Waals surface area (Å²) >= 11 is 3.16. The van der Waals surface area contributed by atoms with Crippen LogP contribution in [0.2, 0.25) is 0 Å². The van der Waals surface area contributed by atoms with Crippen molar-refractivity contribution in [3.8, 4) is 0 Å². The van der Waals surface area contributed by atoms with Crippen molar-refractivity contribution >= 4 is 21.6 Å². The first-order chi connectivity index (χ1) is 9.88. The molecular weight excluding hydrogens is 351 g/mol. The van der Waals surface area contributed by atoms with Crippen LogP contribution in [0.5, 0.6) is 0 Å². The van der Waals surface area contributed by atoms with Crippen molar-refractivity contribution in [2.45, 2.75) is 11.2 Å². The van der Waals surface area contributed by atoms with Gasteiger partial charge in [-0.05, 0) is 12.0 Å². The molecule has 3 nitrogen and oxygen atoms in total. The Morgan fingerprint density at radius 1 is 1.10 bits per heavy atom. The van der Waals surface area contributed by atoms with Crippen LogP contribution in [-0.2, 0) is 6.42 Å². The summed E-state index contributed by atoms with van der Waals surface area (Å²) in [7, 11) is 0. The van der Waals surface area contributed by atoms with Gasteiger partial charge in [0.05, 0.1) is 4.92 Å². The quantitative estimate of drug-likeness (QED) is 0.451. The van der Waals surface area contributed by atoms with Gasteiger partial charge in [-0.15, -0.1) is 0 Å². The SMILES string of the molecule is O=[N+]([O-])c1ccc(CC(Br)c2c(F)cc(F)cc2F)cc1. The molecule has 21 heavy (non-hydrogen) atoms. The summed E-state index contributed by atoms with van der Waals surface area (Å²) in [5.74, 6) is -2.93. The Hall–Kier alpha value is -1.89. The maximum atomic E-state index is 13.6. The number of alkyl halides is 1. The molecule has 0 fully saturated rings. The number of rotatable bonds is 4. The molecule has 0 aromatic heterocycles. The lowest BCUT2D eigenvalue weighted by atomic mass is 10.0. The summed E-state index contributed by atoms with van der Waals surface area (Å²) in [6.45, 7) is 0. The molecule has 0 aliphatic carbocycles. The third-order valence-electron chi connectivity index (χ3n) is 2.92. The lowest BCUT2D eigenvalue weighted by Gasteiger charge is -2.12. The lowest BCUT2D eigenvalue weighted by Crippen LogP contribution is -2.03. The van der Waals surface area contributed by atoms with Crippen molar-refractivity contribution in [1.82, 2.24) is 0 Å². The highest BCUT2D eigenvalue weighted by atomic mass is 79.9. The van der Waals surface area contributed by atoms with Gasteiger partial charge in [0, 0.05) is 34.7 Å². The molecule has 0 amide bonds. The van der Waals surface area contributed by atoms with Crippen LogP contribution in [0.3, 0.4) is 0 Å². The van der Waals surface area contributed by atoms with E-state index in [9.17, 15) is 23.3 Å². The molecule has 0 spiro atoms. The van der Waals surface area contributed by atoms with E-state index in [2.05, 4.69) is 15.9 Å². The number of hydrogen-bond donors (Lipinski definition) is 0. The van der Waals surface area contributed by atoms with Crippen LogP contribution in [-0.4, -0.2) is 4.92 Å². The molecule has 0 aliphatic heterocycles. The minimum atomic E-state index is -0.983. The Morgan fingerprint density at radius 2 is 1.62 bits per heavy atom. The second kappa shape index (κ2) is 6.26. The molecule has 0 N–H and O–H groups in total. The summed E-state index contributed by atoms with van der Waals surface area (Å²) in [6, 6.07) is 6.86. The average Bonchev–Trinajstić information content (AvgIpc) is 2.37. The Morgan fingerprint density at radius 3 is 2.10 bits per heavy atom. The number of nitrogens with zero attached hydrogens (tertiary/aromatic N) is 1. The minimum absolute atomic E-state index is 0.0657. The molecule has 2 aromatic rings. The molecular formula is C14H9BrF3NO2. The first-order valence-electron chi connectivity index (χ1n) is 5.90. The molecule has 0 bridgehead atoms. The second-order valence-electron chi connectivity index (χ2n) is 4.38. The molecule has 2 aromatic carbocycles. The van der Waals surface area contributed by atoms with Crippen LogP contribution >= 0.6 is 15.9 Å². The predicted molar refractivity (Wildman–Crippen MR) is 74.8 cm³/mol. The summed E-state index contributed by atoms with van der Waals surface area (Å²) in [5, 5.41) is 10.5. The molecule has 1 atom stereocenters. The first kappa shape index (κ1) is 15.5. The highest BCUT2D eigenvalue weighted by molar-refractivity contribution is 9.09. The predicted octanol–water partition coefficient (Wildman–Crippen LogP) is 4.69. The van der Waals surface area contributed by atoms with Gasteiger partial charge in [0.2, 0.25) is 0 Å². The van der Waals surface area contributed by atoms with Gasteiger partial charge >= 0.3 is 0 Å². The Balaban J connectivity index is 2.22. The minimum Gasteiger partial charge on any atom is -0.258 e. The molecule has 0 saturated carbocycles. The largest absolute Gasteiger partial charge is 0.269 e. The van der Waals surface area contributed by atoms with Gasteiger partial charge < -0.3 is 0 Å². The summed E-state index contributed by atoms with van der Waals surface area (Å²) < 4.78 is 40.1. The molecule has 0 radical (unpaired) electrons. The van der Waals surface area contributed by atoms with Crippen molar-refractivity contribution in [1.29, 1.82) is 0 Å². The van der Waals surface area contributed by atoms with E-state index in [0.717, 1.165) is 0 Å². The first-order valence-corrected chi connectivity index (χ1v) is 6.82. The molecule has 0 heterocycles. The van der Waals surface area contributed by atoms with E-state index in [0.29, 0.717) is 17.7 Å². The summed E-state index contributed by atoms with van der Waals surface area (Å²) in [4.78, 5) is 9.30. The third kappa shape index (κ3) is 3.60. The Labute approximate surface area is 126 Å². The van der Waals surface area contributed by atoms with Crippen LogP contribution in [0.15, 0.2) is 36.4 Å². The Bertz CT molecular complexity index is 653. The fourth-order valence-electron chi connectivity index (χ4n) is 1.92. The topological polar surface area (TPSA) is 43.1 Å². The summed E-state index contributed by atoms with van der Waals surface area (Å²) in [5.41, 5.74) is 0.323. The second-order valence-corrected chi connectivity index (χ2v) is 5.48. The van der Waals surface area contributed by atoms with Gasteiger partial charge in [-0.3, -0.25) is 10.1 Å². The maximum absolute atomic E-state index is 13.6. The third-order valence-corrected chi connectivity index (χ3v) is 3.70. The van der Waals surface area contributed by atoms with E-state index in [1.54, 1.807) is 0 Å². The zero-order valence-electron chi connectivity index (χ0n) is 10.5. The van der Waals surface area contributed by atoms with Crippen molar-refractivity contribution in [2.24, 2.45) is 0 Å². The highest BCUT2D eigenvalue weighted by Gasteiger charge is 2.20. The lowest BCUT2D eigenvalue weighted by molar-refractivity contribution is -0.384. The van der Waals surface area contributed by atoms with Crippen molar-refractivity contribution in [2.75, 3.05) is 0 Å². The number of nitro benzene ring substituents is 1. The van der Waals surface area contributed by atoms with Gasteiger partial charge in [-0.1, -0.05) is 28.1 Å². The average molecular weight is 360 g/mol. The number of halogens is 4. The van der Waals surface area contributed by atoms with Gasteiger partial charge in [0.25, 0.3) is 5.69 Å². The van der Waals surface area contributed by atoms with E-state index in [1.165, 1.54) is 24.3 Å². The Kier molecular flexibility index (Phi) is 4.62. The van der Waals surface area contributed by atoms with Gasteiger partial charge in [-0.2, -0.15) is 0 Å². The van der Waals surface area contributed by atoms with Crippen molar-refractivity contribution < 1.29 is 18.1 Å². The van der Waals surface area contributed by atoms with E-state index >= 15 is 0 Å². The normalized spacial score (nSPS) is 12.2. The van der Waals surface area contributed by atoms with Crippen LogP contribution in [0.25, 0.3) is 0 Å². The number of nitro groups is 1. The van der Waals surface area contributed by atoms with Crippen LogP contribution in [0.1, 0.15) is 16.0 Å². The molecule has 110 valence electrons. The van der Waals surface area contributed by atoms with E-state index < -0.39 is 27.2 Å². The van der Waals surface area contributed by atoms with E-state index in [-0.39, 0.29) is 17.7 Å². The zero-order valence-corrected chi connectivity index (χ0v) is 12.1. The molecule has 7 heteroatoms. The number of hydrogen-bond acceptors (Lipinski definition) is 2. The monoisotopic (exact) mass is 359 g/mol. The van der Waals surface area contributed by atoms with Gasteiger partial charge in [-0.25, -0.2) is 13.2 Å². The number of non-ortho nitro benzene ring substituents is 1. The molecule has 0 saturated heterocycles. The van der Waals surface area contributed by atoms with E-state index in [4.69, 9.17) is 0 Å². The fraction of sp³-hybridized carbons (Fsp3) is 0.143. The fourth-order valence-corrected chi connectivity index (χ4v) is 2.73. The molecule has 0 aliphatic rings. The maximum Gasteiger partial charge on any atom is 0.269 e.